The first kappa shape index (κ1) is 20.8. The molecule has 0 amide bonds. The number of hydrogen-bond acceptors (Lipinski definition) is 5. The van der Waals surface area contributed by atoms with Gasteiger partial charge in [-0.15, -0.1) is 0 Å². The second-order valence-electron chi connectivity index (χ2n) is 6.68. The highest BCUT2D eigenvalue weighted by atomic mass is 16.5. The minimum absolute atomic E-state index is 0.0708. The normalized spacial score (nSPS) is 25.8. The van der Waals surface area contributed by atoms with Gasteiger partial charge in [0.15, 0.2) is 0 Å². The van der Waals surface area contributed by atoms with Gasteiger partial charge in [-0.05, 0) is 6.42 Å². The molecule has 3 N–H and O–H groups in total. The third-order valence-corrected chi connectivity index (χ3v) is 4.50. The standard InChI is InChI=1S/C18H36O5/c1-2-3-4-5-6-7-8-9-10-11-12-22-13-16(20)18-17(21)15(19)14-23-18/h15-21H,2-14H2,1H3/t15?,16?,17-,18+/m0/s1. The molecule has 0 spiro atoms. The lowest BCUT2D eigenvalue weighted by Gasteiger charge is -2.20. The minimum Gasteiger partial charge on any atom is -0.388 e. The van der Waals surface area contributed by atoms with Gasteiger partial charge in [0, 0.05) is 6.61 Å². The zero-order chi connectivity index (χ0) is 16.9. The molecule has 0 aliphatic carbocycles. The van der Waals surface area contributed by atoms with E-state index in [1.165, 1.54) is 51.4 Å². The van der Waals surface area contributed by atoms with Crippen LogP contribution < -0.4 is 0 Å². The predicted octanol–water partition coefficient (Wildman–Crippen LogP) is 2.41. The summed E-state index contributed by atoms with van der Waals surface area (Å²) in [6.45, 7) is 3.08. The summed E-state index contributed by atoms with van der Waals surface area (Å²) < 4.78 is 10.6. The summed E-state index contributed by atoms with van der Waals surface area (Å²) in [5.74, 6) is 0. The first-order valence-corrected chi connectivity index (χ1v) is 9.40. The molecule has 5 heteroatoms. The highest BCUT2D eigenvalue weighted by molar-refractivity contribution is 4.87. The largest absolute Gasteiger partial charge is 0.388 e. The van der Waals surface area contributed by atoms with E-state index in [0.717, 1.165) is 12.8 Å². The molecule has 1 rings (SSSR count). The minimum atomic E-state index is -1.02. The summed E-state index contributed by atoms with van der Waals surface area (Å²) in [6.07, 6.45) is 9.27. The van der Waals surface area contributed by atoms with Crippen LogP contribution in [0.25, 0.3) is 0 Å². The Morgan fingerprint density at radius 2 is 1.52 bits per heavy atom. The molecule has 23 heavy (non-hydrogen) atoms. The van der Waals surface area contributed by atoms with Gasteiger partial charge in [-0.2, -0.15) is 0 Å². The van der Waals surface area contributed by atoms with Gasteiger partial charge >= 0.3 is 0 Å². The Hall–Kier alpha value is -0.200. The highest BCUT2D eigenvalue weighted by Crippen LogP contribution is 2.18. The molecule has 4 atom stereocenters. The van der Waals surface area contributed by atoms with Crippen LogP contribution in [-0.4, -0.2) is 59.6 Å². The zero-order valence-electron chi connectivity index (χ0n) is 14.7. The predicted molar refractivity (Wildman–Crippen MR) is 90.4 cm³/mol. The highest BCUT2D eigenvalue weighted by Gasteiger charge is 2.39. The fourth-order valence-electron chi connectivity index (χ4n) is 2.95. The Bertz CT molecular complexity index is 274. The first-order valence-electron chi connectivity index (χ1n) is 9.40. The molecule has 0 radical (unpaired) electrons. The number of ether oxygens (including phenoxy) is 2. The van der Waals surface area contributed by atoms with Crippen LogP contribution in [0.1, 0.15) is 71.1 Å². The fourth-order valence-corrected chi connectivity index (χ4v) is 2.95. The van der Waals surface area contributed by atoms with Crippen LogP contribution in [0, 0.1) is 0 Å². The second kappa shape index (κ2) is 13.1. The lowest BCUT2D eigenvalue weighted by atomic mass is 10.1. The molecule has 1 saturated heterocycles. The van der Waals surface area contributed by atoms with Gasteiger partial charge in [-0.1, -0.05) is 64.7 Å². The van der Waals surface area contributed by atoms with E-state index in [9.17, 15) is 15.3 Å². The van der Waals surface area contributed by atoms with E-state index in [1.807, 2.05) is 0 Å². The average molecular weight is 332 g/mol. The summed E-state index contributed by atoms with van der Waals surface area (Å²) >= 11 is 0. The Morgan fingerprint density at radius 3 is 2.04 bits per heavy atom. The molecular formula is C18H36O5. The van der Waals surface area contributed by atoms with E-state index in [2.05, 4.69) is 6.92 Å². The van der Waals surface area contributed by atoms with Crippen molar-refractivity contribution in [1.82, 2.24) is 0 Å². The van der Waals surface area contributed by atoms with Crippen molar-refractivity contribution < 1.29 is 24.8 Å². The maximum atomic E-state index is 9.88. The van der Waals surface area contributed by atoms with Crippen LogP contribution in [0.2, 0.25) is 0 Å². The van der Waals surface area contributed by atoms with E-state index in [-0.39, 0.29) is 13.2 Å². The third kappa shape index (κ3) is 9.01. The second-order valence-corrected chi connectivity index (χ2v) is 6.68. The lowest BCUT2D eigenvalue weighted by molar-refractivity contribution is -0.0813. The summed E-state index contributed by atoms with van der Waals surface area (Å²) in [5, 5.41) is 28.9. The van der Waals surface area contributed by atoms with Gasteiger partial charge in [0.1, 0.15) is 24.4 Å². The SMILES string of the molecule is CCCCCCCCCCCCOCC(O)[C@H]1OCC(O)[C@@H]1O. The van der Waals surface area contributed by atoms with Crippen molar-refractivity contribution in [2.24, 2.45) is 0 Å². The fraction of sp³-hybridized carbons (Fsp3) is 1.00. The smallest absolute Gasteiger partial charge is 0.114 e. The Labute approximate surface area is 141 Å². The van der Waals surface area contributed by atoms with E-state index in [4.69, 9.17) is 9.47 Å². The molecule has 1 aliphatic rings. The van der Waals surface area contributed by atoms with Gasteiger partial charge in [-0.3, -0.25) is 0 Å². The van der Waals surface area contributed by atoms with Crippen LogP contribution in [-0.2, 0) is 9.47 Å². The molecule has 1 aliphatic heterocycles. The topological polar surface area (TPSA) is 79.2 Å². The van der Waals surface area contributed by atoms with Crippen molar-refractivity contribution in [3.63, 3.8) is 0 Å². The van der Waals surface area contributed by atoms with Crippen LogP contribution in [0.4, 0.5) is 0 Å². The zero-order valence-corrected chi connectivity index (χ0v) is 14.7. The summed E-state index contributed by atoms with van der Waals surface area (Å²) in [5.41, 5.74) is 0. The molecule has 5 nitrogen and oxygen atoms in total. The van der Waals surface area contributed by atoms with Crippen molar-refractivity contribution in [2.75, 3.05) is 19.8 Å². The number of aliphatic hydroxyl groups is 3. The van der Waals surface area contributed by atoms with Crippen molar-refractivity contribution in [3.8, 4) is 0 Å². The molecule has 2 unspecified atom stereocenters. The van der Waals surface area contributed by atoms with Crippen LogP contribution in [0.15, 0.2) is 0 Å². The van der Waals surface area contributed by atoms with Crippen LogP contribution in [0.5, 0.6) is 0 Å². The van der Waals surface area contributed by atoms with Gasteiger partial charge < -0.3 is 24.8 Å². The lowest BCUT2D eigenvalue weighted by Crippen LogP contribution is -2.40. The summed E-state index contributed by atoms with van der Waals surface area (Å²) in [4.78, 5) is 0. The van der Waals surface area contributed by atoms with Gasteiger partial charge in [0.05, 0.1) is 13.2 Å². The molecule has 0 saturated carbocycles. The molecule has 0 bridgehead atoms. The number of rotatable bonds is 14. The van der Waals surface area contributed by atoms with Crippen molar-refractivity contribution in [3.05, 3.63) is 0 Å². The number of aliphatic hydroxyl groups excluding tert-OH is 3. The third-order valence-electron chi connectivity index (χ3n) is 4.50. The van der Waals surface area contributed by atoms with E-state index >= 15 is 0 Å². The Morgan fingerprint density at radius 1 is 0.957 bits per heavy atom. The number of unbranched alkanes of at least 4 members (excludes halogenated alkanes) is 9. The quantitative estimate of drug-likeness (QED) is 0.426. The number of hydrogen-bond donors (Lipinski definition) is 3. The average Bonchev–Trinajstić information content (AvgIpc) is 2.88. The Kier molecular flexibility index (Phi) is 11.9. The van der Waals surface area contributed by atoms with Gasteiger partial charge in [0.2, 0.25) is 0 Å². The van der Waals surface area contributed by atoms with Crippen LogP contribution in [0.3, 0.4) is 0 Å². The van der Waals surface area contributed by atoms with Crippen molar-refractivity contribution in [1.29, 1.82) is 0 Å². The van der Waals surface area contributed by atoms with Gasteiger partial charge in [-0.25, -0.2) is 0 Å². The molecule has 0 aromatic rings. The van der Waals surface area contributed by atoms with Gasteiger partial charge in [0.25, 0.3) is 0 Å². The van der Waals surface area contributed by atoms with E-state index < -0.39 is 24.4 Å². The monoisotopic (exact) mass is 332 g/mol. The summed E-state index contributed by atoms with van der Waals surface area (Å²) in [6, 6.07) is 0. The van der Waals surface area contributed by atoms with Crippen molar-refractivity contribution in [2.45, 2.75) is 95.5 Å². The first-order chi connectivity index (χ1) is 11.2. The maximum Gasteiger partial charge on any atom is 0.114 e. The van der Waals surface area contributed by atoms with Crippen molar-refractivity contribution >= 4 is 0 Å². The summed E-state index contributed by atoms with van der Waals surface area (Å²) in [7, 11) is 0. The molecule has 0 aromatic heterocycles. The molecule has 0 aromatic carbocycles. The molecule has 1 fully saturated rings. The van der Waals surface area contributed by atoms with E-state index in [0.29, 0.717) is 6.61 Å². The molecular weight excluding hydrogens is 296 g/mol. The molecule has 138 valence electrons. The molecule has 1 heterocycles. The maximum absolute atomic E-state index is 9.88. The Balaban J connectivity index is 1.84. The van der Waals surface area contributed by atoms with Crippen LogP contribution >= 0.6 is 0 Å². The van der Waals surface area contributed by atoms with E-state index in [1.54, 1.807) is 0 Å².